The van der Waals surface area contributed by atoms with Crippen molar-refractivity contribution < 1.29 is 22.0 Å². The average molecular weight is 430 g/mol. The maximum Gasteiger partial charge on any atom is 0.264 e. The predicted octanol–water partition coefficient (Wildman–Crippen LogP) is 4.42. The van der Waals surface area contributed by atoms with E-state index in [0.717, 1.165) is 27.6 Å². The van der Waals surface area contributed by atoms with Crippen LogP contribution in [0.3, 0.4) is 0 Å². The van der Waals surface area contributed by atoms with E-state index in [4.69, 9.17) is 0 Å². The fourth-order valence-electron chi connectivity index (χ4n) is 2.82. The van der Waals surface area contributed by atoms with E-state index in [1.54, 1.807) is 36.4 Å². The summed E-state index contributed by atoms with van der Waals surface area (Å²) in [5, 5.41) is 2.41. The van der Waals surface area contributed by atoms with Gasteiger partial charge in [0, 0.05) is 11.8 Å². The summed E-state index contributed by atoms with van der Waals surface area (Å²) in [6.45, 7) is 3.19. The number of rotatable bonds is 6. The zero-order chi connectivity index (χ0) is 21.9. The van der Waals surface area contributed by atoms with Crippen LogP contribution in [0.4, 0.5) is 20.2 Å². The number of hydrogen-bond acceptors (Lipinski definition) is 3. The fraction of sp³-hybridized carbons (Fsp3) is 0.136. The largest absolute Gasteiger partial charge is 0.324 e. The van der Waals surface area contributed by atoms with Crippen molar-refractivity contribution in [1.82, 2.24) is 0 Å². The van der Waals surface area contributed by atoms with Crippen molar-refractivity contribution in [2.24, 2.45) is 0 Å². The van der Waals surface area contributed by atoms with E-state index in [0.29, 0.717) is 5.69 Å². The Morgan fingerprint density at radius 3 is 2.23 bits per heavy atom. The highest BCUT2D eigenvalue weighted by atomic mass is 32.2. The molecule has 0 bridgehead atoms. The molecule has 0 atom stereocenters. The molecule has 1 N–H and O–H groups in total. The second kappa shape index (κ2) is 8.62. The molecule has 0 aliphatic rings. The number of carbonyl (C=O) groups is 1. The van der Waals surface area contributed by atoms with Crippen molar-refractivity contribution in [2.75, 3.05) is 16.2 Å². The Morgan fingerprint density at radius 2 is 1.60 bits per heavy atom. The third-order valence-electron chi connectivity index (χ3n) is 4.60. The number of aryl methyl sites for hydroxylation is 2. The molecule has 0 aliphatic heterocycles. The summed E-state index contributed by atoms with van der Waals surface area (Å²) in [4.78, 5) is 12.6. The first-order valence-electron chi connectivity index (χ1n) is 9.08. The highest BCUT2D eigenvalue weighted by Gasteiger charge is 2.27. The standard InChI is InChI=1S/C22H20F2N2O3S/c1-15-8-10-18(12-16(15)2)26(30(28,29)19-6-4-3-5-7-19)14-22(27)25-17-9-11-20(23)21(24)13-17/h3-13H,14H2,1-2H3,(H,25,27). The molecule has 3 rings (SSSR count). The highest BCUT2D eigenvalue weighted by molar-refractivity contribution is 7.92. The second-order valence-electron chi connectivity index (χ2n) is 6.77. The molecule has 0 unspecified atom stereocenters. The first-order chi connectivity index (χ1) is 14.2. The minimum absolute atomic E-state index is 0.0241. The first-order valence-corrected chi connectivity index (χ1v) is 10.5. The predicted molar refractivity (Wildman–Crippen MR) is 112 cm³/mol. The summed E-state index contributed by atoms with van der Waals surface area (Å²) < 4.78 is 54.0. The molecule has 0 saturated heterocycles. The minimum atomic E-state index is -4.05. The molecule has 0 saturated carbocycles. The van der Waals surface area contributed by atoms with E-state index >= 15 is 0 Å². The summed E-state index contributed by atoms with van der Waals surface area (Å²) in [6, 6.07) is 15.7. The monoisotopic (exact) mass is 430 g/mol. The topological polar surface area (TPSA) is 66.5 Å². The third kappa shape index (κ3) is 4.65. The van der Waals surface area contributed by atoms with Crippen LogP contribution in [0.25, 0.3) is 0 Å². The average Bonchev–Trinajstić information content (AvgIpc) is 2.72. The van der Waals surface area contributed by atoms with Gasteiger partial charge in [-0.3, -0.25) is 9.10 Å². The van der Waals surface area contributed by atoms with Gasteiger partial charge in [0.05, 0.1) is 10.6 Å². The van der Waals surface area contributed by atoms with Crippen molar-refractivity contribution in [2.45, 2.75) is 18.7 Å². The van der Waals surface area contributed by atoms with Gasteiger partial charge in [0.1, 0.15) is 6.54 Å². The zero-order valence-electron chi connectivity index (χ0n) is 16.4. The van der Waals surface area contributed by atoms with Gasteiger partial charge in [-0.1, -0.05) is 24.3 Å². The van der Waals surface area contributed by atoms with E-state index in [2.05, 4.69) is 5.32 Å². The highest BCUT2D eigenvalue weighted by Crippen LogP contribution is 2.26. The maximum atomic E-state index is 13.4. The molecule has 0 spiro atoms. The Bertz CT molecular complexity index is 1180. The van der Waals surface area contributed by atoms with Gasteiger partial charge in [-0.25, -0.2) is 17.2 Å². The van der Waals surface area contributed by atoms with Gasteiger partial charge in [0.2, 0.25) is 5.91 Å². The van der Waals surface area contributed by atoms with E-state index in [1.807, 2.05) is 13.8 Å². The first kappa shape index (κ1) is 21.4. The Balaban J connectivity index is 1.95. The van der Waals surface area contributed by atoms with Gasteiger partial charge in [-0.05, 0) is 61.4 Å². The van der Waals surface area contributed by atoms with Gasteiger partial charge in [-0.2, -0.15) is 0 Å². The molecule has 30 heavy (non-hydrogen) atoms. The third-order valence-corrected chi connectivity index (χ3v) is 6.39. The lowest BCUT2D eigenvalue weighted by Gasteiger charge is -2.25. The molecule has 0 aromatic heterocycles. The lowest BCUT2D eigenvalue weighted by molar-refractivity contribution is -0.114. The van der Waals surface area contributed by atoms with E-state index < -0.39 is 34.1 Å². The van der Waals surface area contributed by atoms with Crippen LogP contribution in [0.2, 0.25) is 0 Å². The van der Waals surface area contributed by atoms with E-state index in [1.165, 1.54) is 18.2 Å². The molecule has 0 fully saturated rings. The molecular weight excluding hydrogens is 410 g/mol. The van der Waals surface area contributed by atoms with Crippen LogP contribution in [0.15, 0.2) is 71.6 Å². The molecule has 8 heteroatoms. The van der Waals surface area contributed by atoms with Crippen LogP contribution < -0.4 is 9.62 Å². The Hall–Kier alpha value is -3.26. The zero-order valence-corrected chi connectivity index (χ0v) is 17.2. The summed E-state index contributed by atoms with van der Waals surface area (Å²) in [6.07, 6.45) is 0. The number of benzene rings is 3. The minimum Gasteiger partial charge on any atom is -0.324 e. The van der Waals surface area contributed by atoms with Crippen molar-refractivity contribution >= 4 is 27.3 Å². The Morgan fingerprint density at radius 1 is 0.900 bits per heavy atom. The molecule has 0 radical (unpaired) electrons. The number of carbonyl (C=O) groups excluding carboxylic acids is 1. The maximum absolute atomic E-state index is 13.4. The van der Waals surface area contributed by atoms with Gasteiger partial charge in [-0.15, -0.1) is 0 Å². The molecule has 3 aromatic rings. The molecule has 5 nitrogen and oxygen atoms in total. The summed E-state index contributed by atoms with van der Waals surface area (Å²) in [5.41, 5.74) is 2.18. The van der Waals surface area contributed by atoms with Gasteiger partial charge in [0.15, 0.2) is 11.6 Å². The SMILES string of the molecule is Cc1ccc(N(CC(=O)Nc2ccc(F)c(F)c2)S(=O)(=O)c2ccccc2)cc1C. The summed E-state index contributed by atoms with van der Waals surface area (Å²) in [5.74, 6) is -2.86. The van der Waals surface area contributed by atoms with Gasteiger partial charge >= 0.3 is 0 Å². The molecule has 0 heterocycles. The normalized spacial score (nSPS) is 11.2. The van der Waals surface area contributed by atoms with Gasteiger partial charge in [0.25, 0.3) is 10.0 Å². The Labute approximate surface area is 174 Å². The summed E-state index contributed by atoms with van der Waals surface area (Å²) in [7, 11) is -4.05. The van der Waals surface area contributed by atoms with Crippen molar-refractivity contribution in [3.8, 4) is 0 Å². The number of halogens is 2. The number of amides is 1. The molecular formula is C22H20F2N2O3S. The van der Waals surface area contributed by atoms with Crippen molar-refractivity contribution in [3.05, 3.63) is 89.5 Å². The molecule has 156 valence electrons. The lowest BCUT2D eigenvalue weighted by atomic mass is 10.1. The van der Waals surface area contributed by atoms with Crippen LogP contribution in [-0.2, 0) is 14.8 Å². The number of nitrogens with zero attached hydrogens (tertiary/aromatic N) is 1. The molecule has 3 aromatic carbocycles. The van der Waals surface area contributed by atoms with Crippen LogP contribution in [-0.4, -0.2) is 20.9 Å². The number of nitrogens with one attached hydrogen (secondary N) is 1. The molecule has 0 aliphatic carbocycles. The van der Waals surface area contributed by atoms with Gasteiger partial charge < -0.3 is 5.32 Å². The van der Waals surface area contributed by atoms with Crippen molar-refractivity contribution in [1.29, 1.82) is 0 Å². The number of anilines is 2. The van der Waals surface area contributed by atoms with E-state index in [-0.39, 0.29) is 10.6 Å². The van der Waals surface area contributed by atoms with Crippen LogP contribution in [0, 0.1) is 25.5 Å². The van der Waals surface area contributed by atoms with Crippen LogP contribution in [0.5, 0.6) is 0 Å². The lowest BCUT2D eigenvalue weighted by Crippen LogP contribution is -2.38. The number of sulfonamides is 1. The van der Waals surface area contributed by atoms with Crippen molar-refractivity contribution in [3.63, 3.8) is 0 Å². The fourth-order valence-corrected chi connectivity index (χ4v) is 4.25. The second-order valence-corrected chi connectivity index (χ2v) is 8.63. The smallest absolute Gasteiger partial charge is 0.264 e. The number of hydrogen-bond donors (Lipinski definition) is 1. The van der Waals surface area contributed by atoms with Crippen LogP contribution >= 0.6 is 0 Å². The van der Waals surface area contributed by atoms with Crippen LogP contribution in [0.1, 0.15) is 11.1 Å². The van der Waals surface area contributed by atoms with E-state index in [9.17, 15) is 22.0 Å². The summed E-state index contributed by atoms with van der Waals surface area (Å²) >= 11 is 0. The quantitative estimate of drug-likeness (QED) is 0.630. The molecule has 1 amide bonds. The Kier molecular flexibility index (Phi) is 6.17.